The van der Waals surface area contributed by atoms with Crippen molar-refractivity contribution in [2.24, 2.45) is 0 Å². The molecule has 0 saturated carbocycles. The SMILES string of the molecule is CCCCN(C(=O)COC(=O)c1ccc(OC)c(OCC)c1)C1CCS(=O)(=O)C1. The van der Waals surface area contributed by atoms with E-state index in [1.54, 1.807) is 11.0 Å². The zero-order chi connectivity index (χ0) is 21.4. The lowest BCUT2D eigenvalue weighted by Gasteiger charge is -2.28. The van der Waals surface area contributed by atoms with Crippen LogP contribution in [0, 0.1) is 0 Å². The smallest absolute Gasteiger partial charge is 0.338 e. The Labute approximate surface area is 172 Å². The molecule has 1 amide bonds. The van der Waals surface area contributed by atoms with Crippen LogP contribution in [0.2, 0.25) is 0 Å². The van der Waals surface area contributed by atoms with Crippen LogP contribution in [0.4, 0.5) is 0 Å². The van der Waals surface area contributed by atoms with Crippen molar-refractivity contribution in [3.63, 3.8) is 0 Å². The third-order valence-electron chi connectivity index (χ3n) is 4.75. The number of methoxy groups -OCH3 is 1. The minimum atomic E-state index is -3.12. The summed E-state index contributed by atoms with van der Waals surface area (Å²) < 4.78 is 39.4. The van der Waals surface area contributed by atoms with E-state index >= 15 is 0 Å². The summed E-state index contributed by atoms with van der Waals surface area (Å²) in [4.78, 5) is 26.6. The molecule has 1 aromatic rings. The zero-order valence-electron chi connectivity index (χ0n) is 17.2. The number of benzene rings is 1. The van der Waals surface area contributed by atoms with Crippen LogP contribution >= 0.6 is 0 Å². The van der Waals surface area contributed by atoms with Gasteiger partial charge in [0.05, 0.1) is 30.8 Å². The average molecular weight is 428 g/mol. The maximum absolute atomic E-state index is 12.7. The number of carbonyl (C=O) groups is 2. The number of ether oxygens (including phenoxy) is 3. The molecule has 8 nitrogen and oxygen atoms in total. The average Bonchev–Trinajstić information content (AvgIpc) is 3.06. The summed E-state index contributed by atoms with van der Waals surface area (Å²) >= 11 is 0. The molecule has 1 unspecified atom stereocenters. The summed E-state index contributed by atoms with van der Waals surface area (Å²) in [6.07, 6.45) is 2.05. The fourth-order valence-electron chi connectivity index (χ4n) is 3.23. The molecule has 0 aliphatic carbocycles. The largest absolute Gasteiger partial charge is 0.493 e. The Kier molecular flexibility index (Phi) is 8.31. The Bertz CT molecular complexity index is 822. The number of hydrogen-bond acceptors (Lipinski definition) is 7. The van der Waals surface area contributed by atoms with Crippen LogP contribution < -0.4 is 9.47 Å². The lowest BCUT2D eigenvalue weighted by Crippen LogP contribution is -2.43. The van der Waals surface area contributed by atoms with Crippen LogP contribution in [0.1, 0.15) is 43.5 Å². The molecular formula is C20H29NO7S. The number of sulfone groups is 1. The van der Waals surface area contributed by atoms with Gasteiger partial charge in [-0.05, 0) is 38.0 Å². The van der Waals surface area contributed by atoms with E-state index < -0.39 is 22.4 Å². The van der Waals surface area contributed by atoms with E-state index in [4.69, 9.17) is 14.2 Å². The van der Waals surface area contributed by atoms with Gasteiger partial charge in [-0.3, -0.25) is 4.79 Å². The molecule has 29 heavy (non-hydrogen) atoms. The minimum Gasteiger partial charge on any atom is -0.493 e. The first-order chi connectivity index (χ1) is 13.8. The Morgan fingerprint density at radius 1 is 1.21 bits per heavy atom. The van der Waals surface area contributed by atoms with E-state index in [0.717, 1.165) is 12.8 Å². The van der Waals surface area contributed by atoms with Crippen molar-refractivity contribution in [3.05, 3.63) is 23.8 Å². The predicted octanol–water partition coefficient (Wildman–Crippen LogP) is 2.07. The molecule has 0 N–H and O–H groups in total. The normalized spacial score (nSPS) is 17.6. The van der Waals surface area contributed by atoms with Crippen molar-refractivity contribution in [1.29, 1.82) is 0 Å². The van der Waals surface area contributed by atoms with Crippen LogP contribution in [0.5, 0.6) is 11.5 Å². The molecule has 162 valence electrons. The maximum atomic E-state index is 12.7. The molecule has 1 saturated heterocycles. The summed E-state index contributed by atoms with van der Waals surface area (Å²) in [5.74, 6) is -0.0838. The van der Waals surface area contributed by atoms with Crippen LogP contribution in [0.15, 0.2) is 18.2 Å². The van der Waals surface area contributed by atoms with Gasteiger partial charge in [-0.2, -0.15) is 0 Å². The molecule has 1 aliphatic heterocycles. The molecule has 1 aromatic carbocycles. The van der Waals surface area contributed by atoms with Gasteiger partial charge in [0, 0.05) is 12.6 Å². The Morgan fingerprint density at radius 2 is 1.97 bits per heavy atom. The maximum Gasteiger partial charge on any atom is 0.338 e. The number of nitrogens with zero attached hydrogens (tertiary/aromatic N) is 1. The van der Waals surface area contributed by atoms with Gasteiger partial charge >= 0.3 is 5.97 Å². The summed E-state index contributed by atoms with van der Waals surface area (Å²) in [5.41, 5.74) is 0.241. The van der Waals surface area contributed by atoms with E-state index in [1.165, 1.54) is 19.2 Å². The quantitative estimate of drug-likeness (QED) is 0.527. The zero-order valence-corrected chi connectivity index (χ0v) is 18.0. The number of esters is 1. The second-order valence-corrected chi connectivity index (χ2v) is 9.10. The van der Waals surface area contributed by atoms with Crippen molar-refractivity contribution in [1.82, 2.24) is 4.90 Å². The van der Waals surface area contributed by atoms with E-state index in [-0.39, 0.29) is 29.0 Å². The third-order valence-corrected chi connectivity index (χ3v) is 6.50. The molecule has 1 fully saturated rings. The van der Waals surface area contributed by atoms with E-state index in [1.807, 2.05) is 13.8 Å². The molecule has 9 heteroatoms. The van der Waals surface area contributed by atoms with Crippen molar-refractivity contribution >= 4 is 21.7 Å². The van der Waals surface area contributed by atoms with Crippen molar-refractivity contribution in [2.45, 2.75) is 39.2 Å². The van der Waals surface area contributed by atoms with Gasteiger partial charge in [0.2, 0.25) is 0 Å². The number of amides is 1. The first kappa shape index (κ1) is 23.0. The molecular weight excluding hydrogens is 398 g/mol. The predicted molar refractivity (Wildman–Crippen MR) is 108 cm³/mol. The third kappa shape index (κ3) is 6.35. The highest BCUT2D eigenvalue weighted by Gasteiger charge is 2.34. The molecule has 1 heterocycles. The highest BCUT2D eigenvalue weighted by atomic mass is 32.2. The van der Waals surface area contributed by atoms with Crippen LogP contribution in [0.3, 0.4) is 0 Å². The Hall–Kier alpha value is -2.29. The van der Waals surface area contributed by atoms with E-state index in [0.29, 0.717) is 31.1 Å². The number of unbranched alkanes of at least 4 members (excludes halogenated alkanes) is 1. The molecule has 2 rings (SSSR count). The summed E-state index contributed by atoms with van der Waals surface area (Å²) in [7, 11) is -1.61. The highest BCUT2D eigenvalue weighted by Crippen LogP contribution is 2.28. The van der Waals surface area contributed by atoms with Crippen LogP contribution in [0.25, 0.3) is 0 Å². The van der Waals surface area contributed by atoms with Gasteiger partial charge in [0.15, 0.2) is 27.9 Å². The van der Waals surface area contributed by atoms with Gasteiger partial charge < -0.3 is 19.1 Å². The standard InChI is InChI=1S/C20H29NO7S/c1-4-6-10-21(16-9-11-29(24,25)14-16)19(22)13-28-20(23)15-7-8-17(26-3)18(12-15)27-5-2/h7-8,12,16H,4-6,9-11,13-14H2,1-3H3. The molecule has 0 radical (unpaired) electrons. The topological polar surface area (TPSA) is 99.2 Å². The summed E-state index contributed by atoms with van der Waals surface area (Å²) in [6.45, 7) is 4.23. The van der Waals surface area contributed by atoms with Crippen LogP contribution in [-0.4, -0.2) is 69.6 Å². The summed E-state index contributed by atoms with van der Waals surface area (Å²) in [5, 5.41) is 0. The van der Waals surface area contributed by atoms with Gasteiger partial charge in [-0.1, -0.05) is 13.3 Å². The fourth-order valence-corrected chi connectivity index (χ4v) is 4.96. The number of rotatable bonds is 10. The number of hydrogen-bond donors (Lipinski definition) is 0. The van der Waals surface area contributed by atoms with Gasteiger partial charge in [-0.15, -0.1) is 0 Å². The molecule has 1 aliphatic rings. The lowest BCUT2D eigenvalue weighted by molar-refractivity contribution is -0.136. The van der Waals surface area contributed by atoms with Crippen molar-refractivity contribution in [3.8, 4) is 11.5 Å². The second-order valence-electron chi connectivity index (χ2n) is 6.87. The molecule has 0 spiro atoms. The molecule has 0 aromatic heterocycles. The first-order valence-corrected chi connectivity index (χ1v) is 11.6. The monoisotopic (exact) mass is 427 g/mol. The van der Waals surface area contributed by atoms with Crippen molar-refractivity contribution < 1.29 is 32.2 Å². The fraction of sp³-hybridized carbons (Fsp3) is 0.600. The van der Waals surface area contributed by atoms with E-state index in [2.05, 4.69) is 0 Å². The van der Waals surface area contributed by atoms with Crippen LogP contribution in [-0.2, 0) is 19.4 Å². The molecule has 1 atom stereocenters. The van der Waals surface area contributed by atoms with Gasteiger partial charge in [-0.25, -0.2) is 13.2 Å². The van der Waals surface area contributed by atoms with Gasteiger partial charge in [0.1, 0.15) is 0 Å². The Morgan fingerprint density at radius 3 is 2.55 bits per heavy atom. The number of carbonyl (C=O) groups excluding carboxylic acids is 2. The first-order valence-electron chi connectivity index (χ1n) is 9.79. The Balaban J connectivity index is 2.03. The second kappa shape index (κ2) is 10.5. The van der Waals surface area contributed by atoms with Gasteiger partial charge in [0.25, 0.3) is 5.91 Å². The molecule has 0 bridgehead atoms. The summed E-state index contributed by atoms with van der Waals surface area (Å²) in [6, 6.07) is 4.28. The minimum absolute atomic E-state index is 0.0351. The highest BCUT2D eigenvalue weighted by molar-refractivity contribution is 7.91. The van der Waals surface area contributed by atoms with E-state index in [9.17, 15) is 18.0 Å². The lowest BCUT2D eigenvalue weighted by atomic mass is 10.2. The van der Waals surface area contributed by atoms with Crippen molar-refractivity contribution in [2.75, 3.05) is 38.4 Å².